The van der Waals surface area contributed by atoms with E-state index < -0.39 is 13.2 Å². The molecule has 41 heavy (non-hydrogen) atoms. The van der Waals surface area contributed by atoms with Gasteiger partial charge in [0.2, 0.25) is 0 Å². The van der Waals surface area contributed by atoms with E-state index in [9.17, 15) is 0 Å². The molecule has 0 bridgehead atoms. The molecule has 5 nitrogen and oxygen atoms in total. The molecule has 0 aliphatic carbocycles. The fourth-order valence-electron chi connectivity index (χ4n) is 5.37. The van der Waals surface area contributed by atoms with Crippen molar-refractivity contribution in [2.24, 2.45) is 4.29 Å². The average Bonchev–Trinajstić information content (AvgIpc) is 2.99. The molecule has 0 aromatic rings. The second kappa shape index (κ2) is 30.0. The van der Waals surface area contributed by atoms with Gasteiger partial charge in [0.15, 0.2) is 0 Å². The van der Waals surface area contributed by atoms with Crippen LogP contribution in [0.25, 0.3) is 0 Å². The Kier molecular flexibility index (Phi) is 38.0. The van der Waals surface area contributed by atoms with Crippen LogP contribution in [0.3, 0.4) is 0 Å². The zero-order chi connectivity index (χ0) is 33.8. The quantitative estimate of drug-likeness (QED) is 0.155. The van der Waals surface area contributed by atoms with E-state index in [1.165, 1.54) is 123 Å². The Bertz CT molecular complexity index is 362. The molecule has 0 heterocycles. The standard InChI is InChI=1S/4C8H20N.3ClH.H2N.Pt/c4*1-5-9(6-2,7-3)8-4;;;;;/h4*5-8H2,1-4H3;3*1H;1H2;/q4*+1;;;;-1;/p-3. The van der Waals surface area contributed by atoms with Gasteiger partial charge in [-0.05, 0) is 111 Å². The van der Waals surface area contributed by atoms with Crippen LogP contribution in [-0.2, 0) is 13.2 Å². The predicted octanol–water partition coefficient (Wildman–Crippen LogP) is 9.01. The molecule has 0 rings (SSSR count). The average molecular weight is 838 g/mol. The van der Waals surface area contributed by atoms with Gasteiger partial charge in [0.05, 0.1) is 105 Å². The van der Waals surface area contributed by atoms with Crippen molar-refractivity contribution in [3.05, 3.63) is 0 Å². The Morgan fingerprint density at radius 1 is 0.293 bits per heavy atom. The maximum absolute atomic E-state index is 5.02. The first-order valence-electron chi connectivity index (χ1n) is 16.9. The summed E-state index contributed by atoms with van der Waals surface area (Å²) in [6.45, 7) is 56.9. The zero-order valence-corrected chi connectivity index (χ0v) is 35.7. The van der Waals surface area contributed by atoms with Crippen LogP contribution in [0.1, 0.15) is 111 Å². The summed E-state index contributed by atoms with van der Waals surface area (Å²) >= 11 is -3.03. The van der Waals surface area contributed by atoms with Crippen LogP contribution in [0.2, 0.25) is 0 Å². The van der Waals surface area contributed by atoms with Crippen LogP contribution in [-0.4, -0.2) is 123 Å². The molecule has 0 saturated heterocycles. The Morgan fingerprint density at radius 2 is 0.341 bits per heavy atom. The van der Waals surface area contributed by atoms with Crippen molar-refractivity contribution >= 4 is 28.3 Å². The Hall–Kier alpha value is 1.36. The molecule has 9 heteroatoms. The van der Waals surface area contributed by atoms with Crippen LogP contribution >= 0.6 is 28.3 Å². The first-order chi connectivity index (χ1) is 19.0. The molecule has 0 aliphatic heterocycles. The third kappa shape index (κ3) is 26.3. The van der Waals surface area contributed by atoms with Gasteiger partial charge in [0.1, 0.15) is 0 Å². The second-order valence-electron chi connectivity index (χ2n) is 10.8. The summed E-state index contributed by atoms with van der Waals surface area (Å²) in [5.74, 6) is 0. The fourth-order valence-corrected chi connectivity index (χ4v) is 5.37. The maximum atomic E-state index is 5.02. The topological polar surface area (TPSA) is 26.0 Å². The van der Waals surface area contributed by atoms with Gasteiger partial charge in [-0.15, -0.1) is 0 Å². The van der Waals surface area contributed by atoms with Crippen LogP contribution in [0.4, 0.5) is 0 Å². The zero-order valence-electron chi connectivity index (χ0n) is 31.1. The first kappa shape index (κ1) is 51.9. The van der Waals surface area contributed by atoms with Gasteiger partial charge in [-0.25, -0.2) is 0 Å². The van der Waals surface area contributed by atoms with Gasteiger partial charge >= 0.3 is 45.7 Å². The van der Waals surface area contributed by atoms with Crippen molar-refractivity contribution < 1.29 is 31.1 Å². The molecule has 2 N–H and O–H groups in total. The Balaban J connectivity index is -0.000000133. The minimum absolute atomic E-state index is 1.28. The molecule has 266 valence electrons. The van der Waals surface area contributed by atoms with Crippen molar-refractivity contribution in [2.45, 2.75) is 111 Å². The SMILES string of the molecule is CC[N+](CC)(CC)CC.CC[N+](CC)(CC)CC.CC[N+](CC)(CC)CC.CC[N+](CC)(CC)CC.[NH2][Pt-4]([Cl])([Cl])[Cl]. The van der Waals surface area contributed by atoms with Gasteiger partial charge in [-0.2, -0.15) is 0 Å². The summed E-state index contributed by atoms with van der Waals surface area (Å²) in [5, 5.41) is 0. The number of halogens is 3. The van der Waals surface area contributed by atoms with E-state index in [1.807, 2.05) is 0 Å². The molecular formula is C32H82Cl3N5Pt. The molecule has 0 unspecified atom stereocenters. The Morgan fingerprint density at radius 3 is 0.341 bits per heavy atom. The summed E-state index contributed by atoms with van der Waals surface area (Å²) in [6.07, 6.45) is 0. The Labute approximate surface area is 277 Å². The van der Waals surface area contributed by atoms with Crippen molar-refractivity contribution in [3.8, 4) is 0 Å². The number of nitrogens with two attached hydrogens (primary N) is 1. The number of quaternary nitrogens is 4. The van der Waals surface area contributed by atoms with Gasteiger partial charge < -0.3 is 17.9 Å². The van der Waals surface area contributed by atoms with Crippen molar-refractivity contribution in [3.63, 3.8) is 0 Å². The molecule has 0 fully saturated rings. The third-order valence-electron chi connectivity index (χ3n) is 10.7. The summed E-state index contributed by atoms with van der Waals surface area (Å²) in [7, 11) is 15.1. The predicted molar refractivity (Wildman–Crippen MR) is 191 cm³/mol. The van der Waals surface area contributed by atoms with Crippen LogP contribution in [0.5, 0.6) is 0 Å². The van der Waals surface area contributed by atoms with Crippen molar-refractivity contribution in [2.75, 3.05) is 105 Å². The molecule has 0 aromatic heterocycles. The van der Waals surface area contributed by atoms with Crippen LogP contribution in [0.15, 0.2) is 0 Å². The van der Waals surface area contributed by atoms with E-state index in [0.29, 0.717) is 0 Å². The fraction of sp³-hybridized carbons (Fsp3) is 1.00. The number of rotatable bonds is 16. The molecule has 0 spiro atoms. The second-order valence-corrected chi connectivity index (χ2v) is 25.5. The van der Waals surface area contributed by atoms with E-state index in [1.54, 1.807) is 0 Å². The van der Waals surface area contributed by atoms with Crippen molar-refractivity contribution in [1.82, 2.24) is 0 Å². The summed E-state index contributed by atoms with van der Waals surface area (Å²) in [5.41, 5.74) is 0. The number of nitrogens with zero attached hydrogens (tertiary/aromatic N) is 4. The molecule has 0 amide bonds. The number of hydrogen-bond donors (Lipinski definition) is 1. The van der Waals surface area contributed by atoms with Gasteiger partial charge in [-0.1, -0.05) is 0 Å². The summed E-state index contributed by atoms with van der Waals surface area (Å²) < 4.78 is 9.94. The molecule has 0 aromatic carbocycles. The van der Waals surface area contributed by atoms with E-state index in [4.69, 9.17) is 32.5 Å². The normalized spacial score (nSPS) is 12.4. The van der Waals surface area contributed by atoms with E-state index in [0.717, 1.165) is 0 Å². The van der Waals surface area contributed by atoms with E-state index >= 15 is 0 Å². The molecular weight excluding hydrogens is 756 g/mol. The van der Waals surface area contributed by atoms with E-state index in [-0.39, 0.29) is 0 Å². The van der Waals surface area contributed by atoms with Gasteiger partial charge in [0, 0.05) is 0 Å². The van der Waals surface area contributed by atoms with Gasteiger partial charge in [-0.3, -0.25) is 0 Å². The van der Waals surface area contributed by atoms with Crippen LogP contribution in [0, 0.1) is 0 Å². The first-order valence-corrected chi connectivity index (χ1v) is 26.7. The van der Waals surface area contributed by atoms with Crippen molar-refractivity contribution in [1.29, 1.82) is 0 Å². The van der Waals surface area contributed by atoms with Gasteiger partial charge in [0.25, 0.3) is 0 Å². The van der Waals surface area contributed by atoms with E-state index in [2.05, 4.69) is 111 Å². The molecule has 0 atom stereocenters. The third-order valence-corrected chi connectivity index (χ3v) is 10.7. The molecule has 0 saturated carbocycles. The molecule has 0 radical (unpaired) electrons. The summed E-state index contributed by atoms with van der Waals surface area (Å²) in [4.78, 5) is 0. The summed E-state index contributed by atoms with van der Waals surface area (Å²) in [6, 6.07) is 0. The minimum atomic E-state index is -3.03. The molecule has 0 aliphatic rings. The number of hydrogen-bond acceptors (Lipinski definition) is 1. The monoisotopic (exact) mass is 837 g/mol. The van der Waals surface area contributed by atoms with Crippen LogP contribution < -0.4 is 4.29 Å².